The van der Waals surface area contributed by atoms with Crippen LogP contribution in [0, 0.1) is 0 Å². The lowest BCUT2D eigenvalue weighted by atomic mass is 10.1. The molecule has 0 aliphatic rings. The van der Waals surface area contributed by atoms with Crippen molar-refractivity contribution in [3.05, 3.63) is 77.9 Å². The number of carbonyl (C=O) groups excluding carboxylic acids is 1. The van der Waals surface area contributed by atoms with E-state index in [1.807, 2.05) is 12.1 Å². The van der Waals surface area contributed by atoms with Crippen molar-refractivity contribution in [2.45, 2.75) is 12.6 Å². The quantitative estimate of drug-likeness (QED) is 0.250. The zero-order valence-corrected chi connectivity index (χ0v) is 22.0. The zero-order chi connectivity index (χ0) is 28.9. The molecule has 0 aliphatic carbocycles. The molecule has 9 nitrogen and oxygen atoms in total. The number of methoxy groups -OCH3 is 3. The number of nitrogen functional groups attached to an aromatic ring is 1. The van der Waals surface area contributed by atoms with Gasteiger partial charge in [0.1, 0.15) is 17.1 Å². The van der Waals surface area contributed by atoms with Crippen LogP contribution in [-0.2, 0) is 12.6 Å². The highest BCUT2D eigenvalue weighted by atomic mass is 19.4. The average molecular weight is 556 g/mol. The van der Waals surface area contributed by atoms with Crippen molar-refractivity contribution in [3.8, 4) is 34.2 Å². The van der Waals surface area contributed by atoms with Gasteiger partial charge in [0.05, 0.1) is 32.6 Å². The average Bonchev–Trinajstić information content (AvgIpc) is 3.27. The number of urea groups is 1. The third-order valence-corrected chi connectivity index (χ3v) is 6.11. The summed E-state index contributed by atoms with van der Waals surface area (Å²) < 4.78 is 56.2. The van der Waals surface area contributed by atoms with Gasteiger partial charge in [-0.2, -0.15) is 18.3 Å². The summed E-state index contributed by atoms with van der Waals surface area (Å²) in [4.78, 5) is 12.9. The highest BCUT2D eigenvalue weighted by Gasteiger charge is 2.30. The molecule has 0 aliphatic heterocycles. The van der Waals surface area contributed by atoms with Gasteiger partial charge in [0, 0.05) is 12.1 Å². The summed E-state index contributed by atoms with van der Waals surface area (Å²) in [5.74, 6) is 1.84. The largest absolute Gasteiger partial charge is 0.497 e. The second kappa shape index (κ2) is 11.9. The van der Waals surface area contributed by atoms with Gasteiger partial charge in [-0.15, -0.1) is 0 Å². The van der Waals surface area contributed by atoms with Gasteiger partial charge in [-0.3, -0.25) is 0 Å². The van der Waals surface area contributed by atoms with Crippen molar-refractivity contribution < 1.29 is 32.2 Å². The molecule has 4 N–H and O–H groups in total. The van der Waals surface area contributed by atoms with Crippen molar-refractivity contribution in [2.75, 3.05) is 38.9 Å². The SMILES string of the molecule is COc1ccc(-c2nn(-c3ccc(C(F)(F)F)cc3)c(N)c2NC(=O)NCCc2ccc(OC)c(OC)c2)cc1. The first kappa shape index (κ1) is 28.1. The lowest BCUT2D eigenvalue weighted by molar-refractivity contribution is -0.137. The highest BCUT2D eigenvalue weighted by Crippen LogP contribution is 2.36. The minimum Gasteiger partial charge on any atom is -0.497 e. The summed E-state index contributed by atoms with van der Waals surface area (Å²) in [6, 6.07) is 16.3. The lowest BCUT2D eigenvalue weighted by Gasteiger charge is -2.11. The predicted octanol–water partition coefficient (Wildman–Crippen LogP) is 5.53. The first-order valence-electron chi connectivity index (χ1n) is 12.1. The van der Waals surface area contributed by atoms with Crippen molar-refractivity contribution in [2.24, 2.45) is 0 Å². The van der Waals surface area contributed by atoms with Gasteiger partial charge in [-0.05, 0) is 72.6 Å². The molecule has 210 valence electrons. The molecular weight excluding hydrogens is 527 g/mol. The number of hydrogen-bond acceptors (Lipinski definition) is 6. The molecule has 2 amide bonds. The first-order valence-corrected chi connectivity index (χ1v) is 12.1. The molecule has 0 unspecified atom stereocenters. The van der Waals surface area contributed by atoms with E-state index in [1.165, 1.54) is 23.9 Å². The standard InChI is InChI=1S/C28H28F3N5O4/c1-38-21-11-5-18(6-12-21)24-25(26(32)36(35-24)20-9-7-19(8-10-20)28(29,30)31)34-27(37)33-15-14-17-4-13-22(39-2)23(16-17)40-3/h4-13,16H,14-15,32H2,1-3H3,(H2,33,34,37). The summed E-state index contributed by atoms with van der Waals surface area (Å²) in [6.45, 7) is 0.298. The Labute approximate surface area is 228 Å². The Bertz CT molecular complexity index is 1470. The minimum atomic E-state index is -4.48. The molecule has 1 heterocycles. The maximum Gasteiger partial charge on any atom is 0.416 e. The van der Waals surface area contributed by atoms with E-state index in [1.54, 1.807) is 44.6 Å². The number of nitrogens with one attached hydrogen (secondary N) is 2. The van der Waals surface area contributed by atoms with E-state index in [9.17, 15) is 18.0 Å². The van der Waals surface area contributed by atoms with E-state index in [-0.39, 0.29) is 11.5 Å². The Morgan fingerprint density at radius 1 is 0.925 bits per heavy atom. The number of aromatic nitrogens is 2. The summed E-state index contributed by atoms with van der Waals surface area (Å²) in [7, 11) is 4.63. The normalized spacial score (nSPS) is 11.2. The van der Waals surface area contributed by atoms with Crippen LogP contribution in [0.4, 0.5) is 29.5 Å². The van der Waals surface area contributed by atoms with Crippen LogP contribution in [0.15, 0.2) is 66.7 Å². The van der Waals surface area contributed by atoms with Crippen molar-refractivity contribution in [1.29, 1.82) is 0 Å². The summed E-state index contributed by atoms with van der Waals surface area (Å²) in [5, 5.41) is 10.0. The maximum absolute atomic E-state index is 13.1. The van der Waals surface area contributed by atoms with Crippen LogP contribution in [0.2, 0.25) is 0 Å². The highest BCUT2D eigenvalue weighted by molar-refractivity contribution is 5.97. The zero-order valence-electron chi connectivity index (χ0n) is 22.0. The molecule has 12 heteroatoms. The second-order valence-corrected chi connectivity index (χ2v) is 8.61. The summed E-state index contributed by atoms with van der Waals surface area (Å²) >= 11 is 0. The van der Waals surface area contributed by atoms with E-state index in [4.69, 9.17) is 19.9 Å². The molecule has 0 atom stereocenters. The van der Waals surface area contributed by atoms with E-state index >= 15 is 0 Å². The van der Waals surface area contributed by atoms with Gasteiger partial charge in [0.15, 0.2) is 17.3 Å². The fourth-order valence-corrected chi connectivity index (χ4v) is 4.01. The molecule has 0 saturated heterocycles. The molecule has 1 aromatic heterocycles. The lowest BCUT2D eigenvalue weighted by Crippen LogP contribution is -2.30. The van der Waals surface area contributed by atoms with Crippen molar-refractivity contribution in [1.82, 2.24) is 15.1 Å². The minimum absolute atomic E-state index is 0.0422. The van der Waals surface area contributed by atoms with Gasteiger partial charge in [0.25, 0.3) is 0 Å². The maximum atomic E-state index is 13.1. The first-order chi connectivity index (χ1) is 19.1. The molecule has 3 aromatic carbocycles. The molecule has 0 spiro atoms. The Hall–Kier alpha value is -4.87. The van der Waals surface area contributed by atoms with E-state index < -0.39 is 17.8 Å². The third-order valence-electron chi connectivity index (χ3n) is 6.11. The monoisotopic (exact) mass is 555 g/mol. The van der Waals surface area contributed by atoms with Crippen LogP contribution in [0.5, 0.6) is 17.2 Å². The topological polar surface area (TPSA) is 113 Å². The van der Waals surface area contributed by atoms with Crippen LogP contribution in [0.1, 0.15) is 11.1 Å². The number of benzene rings is 3. The van der Waals surface area contributed by atoms with Gasteiger partial charge in [-0.1, -0.05) is 6.07 Å². The van der Waals surface area contributed by atoms with Crippen molar-refractivity contribution in [3.63, 3.8) is 0 Å². The molecule has 0 radical (unpaired) electrons. The van der Waals surface area contributed by atoms with Crippen LogP contribution in [-0.4, -0.2) is 43.7 Å². The Morgan fingerprint density at radius 3 is 2.20 bits per heavy atom. The number of nitrogens with zero attached hydrogens (tertiary/aromatic N) is 2. The van der Waals surface area contributed by atoms with Gasteiger partial charge >= 0.3 is 12.2 Å². The van der Waals surface area contributed by atoms with Crippen LogP contribution < -0.4 is 30.6 Å². The van der Waals surface area contributed by atoms with E-state index in [2.05, 4.69) is 15.7 Å². The van der Waals surface area contributed by atoms with Crippen LogP contribution in [0.3, 0.4) is 0 Å². The van der Waals surface area contributed by atoms with Gasteiger partial charge < -0.3 is 30.6 Å². The third kappa shape index (κ3) is 6.22. The predicted molar refractivity (Wildman–Crippen MR) is 145 cm³/mol. The Kier molecular flexibility index (Phi) is 8.37. The van der Waals surface area contributed by atoms with Gasteiger partial charge in [0.2, 0.25) is 0 Å². The number of amides is 2. The Morgan fingerprint density at radius 2 is 1.60 bits per heavy atom. The van der Waals surface area contributed by atoms with Crippen molar-refractivity contribution >= 4 is 17.5 Å². The number of anilines is 2. The molecule has 4 aromatic rings. The number of ether oxygens (including phenoxy) is 3. The molecule has 0 bridgehead atoms. The second-order valence-electron chi connectivity index (χ2n) is 8.61. The number of alkyl halides is 3. The van der Waals surface area contributed by atoms with E-state index in [0.29, 0.717) is 47.2 Å². The molecule has 40 heavy (non-hydrogen) atoms. The number of halogens is 3. The molecule has 0 saturated carbocycles. The Balaban J connectivity index is 1.57. The molecule has 0 fully saturated rings. The van der Waals surface area contributed by atoms with Crippen LogP contribution in [0.25, 0.3) is 16.9 Å². The molecule has 4 rings (SSSR count). The van der Waals surface area contributed by atoms with Crippen LogP contribution >= 0.6 is 0 Å². The summed E-state index contributed by atoms with van der Waals surface area (Å²) in [6.07, 6.45) is -3.97. The smallest absolute Gasteiger partial charge is 0.416 e. The summed E-state index contributed by atoms with van der Waals surface area (Å²) in [5.41, 5.74) is 7.92. The number of rotatable bonds is 9. The number of hydrogen-bond donors (Lipinski definition) is 3. The number of nitrogens with two attached hydrogens (primary N) is 1. The molecular formula is C28H28F3N5O4. The van der Waals surface area contributed by atoms with Gasteiger partial charge in [-0.25, -0.2) is 9.48 Å². The number of carbonyl (C=O) groups is 1. The fourth-order valence-electron chi connectivity index (χ4n) is 4.01. The van der Waals surface area contributed by atoms with E-state index in [0.717, 1.165) is 17.7 Å². The fraction of sp³-hybridized carbons (Fsp3) is 0.214.